The SMILES string of the molecule is CC(=O)NCC(=O)NCC(=O)N[C@H](c1ccccc1)C(F)(F)F. The highest BCUT2D eigenvalue weighted by molar-refractivity contribution is 5.87. The molecule has 1 aromatic rings. The first-order valence-corrected chi connectivity index (χ1v) is 6.62. The summed E-state index contributed by atoms with van der Waals surface area (Å²) in [7, 11) is 0. The summed E-state index contributed by atoms with van der Waals surface area (Å²) in [5.74, 6) is -2.11. The van der Waals surface area contributed by atoms with Gasteiger partial charge in [0.2, 0.25) is 17.7 Å². The van der Waals surface area contributed by atoms with Crippen LogP contribution in [0.1, 0.15) is 18.5 Å². The molecule has 0 fully saturated rings. The summed E-state index contributed by atoms with van der Waals surface area (Å²) in [5.41, 5.74) is -0.113. The van der Waals surface area contributed by atoms with Crippen molar-refractivity contribution in [1.29, 1.82) is 0 Å². The molecule has 0 saturated heterocycles. The second-order valence-corrected chi connectivity index (χ2v) is 4.64. The maximum atomic E-state index is 13.0. The van der Waals surface area contributed by atoms with Gasteiger partial charge in [-0.15, -0.1) is 0 Å². The number of nitrogens with one attached hydrogen (secondary N) is 3. The third-order valence-corrected chi connectivity index (χ3v) is 2.71. The molecular formula is C14H16F3N3O3. The number of rotatable bonds is 6. The summed E-state index contributed by atoms with van der Waals surface area (Å²) in [4.78, 5) is 33.5. The molecule has 0 bridgehead atoms. The second-order valence-electron chi connectivity index (χ2n) is 4.64. The first-order valence-electron chi connectivity index (χ1n) is 6.62. The van der Waals surface area contributed by atoms with Crippen molar-refractivity contribution in [1.82, 2.24) is 16.0 Å². The summed E-state index contributed by atoms with van der Waals surface area (Å²) in [6, 6.07) is 4.73. The zero-order valence-corrected chi connectivity index (χ0v) is 12.2. The highest BCUT2D eigenvalue weighted by Crippen LogP contribution is 2.32. The van der Waals surface area contributed by atoms with E-state index in [1.165, 1.54) is 31.2 Å². The molecule has 3 N–H and O–H groups in total. The van der Waals surface area contributed by atoms with Crippen LogP contribution < -0.4 is 16.0 Å². The maximum Gasteiger partial charge on any atom is 0.412 e. The van der Waals surface area contributed by atoms with Crippen molar-refractivity contribution in [2.24, 2.45) is 0 Å². The van der Waals surface area contributed by atoms with Crippen molar-refractivity contribution in [2.75, 3.05) is 13.1 Å². The largest absolute Gasteiger partial charge is 0.412 e. The van der Waals surface area contributed by atoms with E-state index in [4.69, 9.17) is 0 Å². The fourth-order valence-electron chi connectivity index (χ4n) is 1.66. The Balaban J connectivity index is 2.58. The number of carbonyl (C=O) groups is 3. The molecule has 0 aliphatic carbocycles. The molecule has 0 saturated carbocycles. The van der Waals surface area contributed by atoms with Crippen LogP contribution in [0.15, 0.2) is 30.3 Å². The third kappa shape index (κ3) is 6.81. The third-order valence-electron chi connectivity index (χ3n) is 2.71. The average Bonchev–Trinajstić information content (AvgIpc) is 2.48. The van der Waals surface area contributed by atoms with Gasteiger partial charge in [0.1, 0.15) is 0 Å². The van der Waals surface area contributed by atoms with E-state index >= 15 is 0 Å². The molecular weight excluding hydrogens is 315 g/mol. The van der Waals surface area contributed by atoms with E-state index < -0.39 is 36.5 Å². The van der Waals surface area contributed by atoms with Crippen LogP contribution in [0, 0.1) is 0 Å². The zero-order valence-electron chi connectivity index (χ0n) is 12.2. The quantitative estimate of drug-likeness (QED) is 0.716. The van der Waals surface area contributed by atoms with Gasteiger partial charge >= 0.3 is 6.18 Å². The molecule has 0 aromatic heterocycles. The molecule has 0 radical (unpaired) electrons. The van der Waals surface area contributed by atoms with E-state index in [0.29, 0.717) is 0 Å². The Morgan fingerprint density at radius 2 is 1.57 bits per heavy atom. The highest BCUT2D eigenvalue weighted by Gasteiger charge is 2.41. The van der Waals surface area contributed by atoms with Crippen molar-refractivity contribution >= 4 is 17.7 Å². The van der Waals surface area contributed by atoms with Gasteiger partial charge < -0.3 is 16.0 Å². The number of hydrogen-bond donors (Lipinski definition) is 3. The molecule has 1 rings (SSSR count). The van der Waals surface area contributed by atoms with Gasteiger partial charge in [-0.1, -0.05) is 30.3 Å². The van der Waals surface area contributed by atoms with E-state index in [0.717, 1.165) is 0 Å². The number of benzene rings is 1. The van der Waals surface area contributed by atoms with Gasteiger partial charge in [0.05, 0.1) is 13.1 Å². The molecule has 0 spiro atoms. The number of alkyl halides is 3. The standard InChI is InChI=1S/C14H16F3N3O3/c1-9(21)18-7-11(22)19-8-12(23)20-13(14(15,16)17)10-5-3-2-4-6-10/h2-6,13H,7-8H2,1H3,(H,18,21)(H,19,22)(H,20,23)/t13-/m1/s1. The predicted molar refractivity (Wildman–Crippen MR) is 75.1 cm³/mol. The van der Waals surface area contributed by atoms with Crippen LogP contribution >= 0.6 is 0 Å². The Morgan fingerprint density at radius 1 is 1.00 bits per heavy atom. The fraction of sp³-hybridized carbons (Fsp3) is 0.357. The molecule has 3 amide bonds. The average molecular weight is 331 g/mol. The smallest absolute Gasteiger partial charge is 0.347 e. The van der Waals surface area contributed by atoms with Crippen molar-refractivity contribution < 1.29 is 27.6 Å². The Kier molecular flexibility index (Phi) is 6.55. The molecule has 23 heavy (non-hydrogen) atoms. The van der Waals surface area contributed by atoms with Crippen LogP contribution in [0.25, 0.3) is 0 Å². The Morgan fingerprint density at radius 3 is 2.09 bits per heavy atom. The molecule has 6 nitrogen and oxygen atoms in total. The Hall–Kier alpha value is -2.58. The number of halogens is 3. The number of carbonyl (C=O) groups excluding carboxylic acids is 3. The fourth-order valence-corrected chi connectivity index (χ4v) is 1.66. The molecule has 0 aliphatic heterocycles. The normalized spacial score (nSPS) is 12.2. The van der Waals surface area contributed by atoms with Gasteiger partial charge in [-0.25, -0.2) is 0 Å². The summed E-state index contributed by atoms with van der Waals surface area (Å²) in [6.45, 7) is 0.218. The lowest BCUT2D eigenvalue weighted by atomic mass is 10.1. The first-order chi connectivity index (χ1) is 10.7. The summed E-state index contributed by atoms with van der Waals surface area (Å²) >= 11 is 0. The van der Waals surface area contributed by atoms with Crippen molar-refractivity contribution in [3.8, 4) is 0 Å². The van der Waals surface area contributed by atoms with E-state index in [1.54, 1.807) is 6.07 Å². The number of hydrogen-bond acceptors (Lipinski definition) is 3. The Bertz CT molecular complexity index is 561. The van der Waals surface area contributed by atoms with Crippen LogP contribution in [0.5, 0.6) is 0 Å². The van der Waals surface area contributed by atoms with E-state index in [9.17, 15) is 27.6 Å². The van der Waals surface area contributed by atoms with Gasteiger partial charge in [-0.05, 0) is 5.56 Å². The van der Waals surface area contributed by atoms with Gasteiger partial charge in [0.15, 0.2) is 6.04 Å². The molecule has 0 unspecified atom stereocenters. The highest BCUT2D eigenvalue weighted by atomic mass is 19.4. The topological polar surface area (TPSA) is 87.3 Å². The van der Waals surface area contributed by atoms with Crippen LogP contribution in [0.2, 0.25) is 0 Å². The molecule has 1 atom stereocenters. The molecule has 1 aromatic carbocycles. The second kappa shape index (κ2) is 8.16. The minimum atomic E-state index is -4.67. The summed E-state index contributed by atoms with van der Waals surface area (Å²) < 4.78 is 39.1. The Labute approximate surface area is 130 Å². The lowest BCUT2D eigenvalue weighted by molar-refractivity contribution is -0.163. The van der Waals surface area contributed by atoms with Crippen molar-refractivity contribution in [3.63, 3.8) is 0 Å². The predicted octanol–water partition coefficient (Wildman–Crippen LogP) is 0.659. The monoisotopic (exact) mass is 331 g/mol. The molecule has 0 heterocycles. The maximum absolute atomic E-state index is 13.0. The van der Waals surface area contributed by atoms with Crippen LogP contribution in [0.4, 0.5) is 13.2 Å². The van der Waals surface area contributed by atoms with Crippen LogP contribution in [-0.2, 0) is 14.4 Å². The lowest BCUT2D eigenvalue weighted by Gasteiger charge is -2.22. The van der Waals surface area contributed by atoms with Crippen molar-refractivity contribution in [2.45, 2.75) is 19.1 Å². The zero-order chi connectivity index (χ0) is 17.5. The van der Waals surface area contributed by atoms with Gasteiger partial charge in [-0.3, -0.25) is 14.4 Å². The van der Waals surface area contributed by atoms with E-state index in [1.807, 2.05) is 5.32 Å². The summed E-state index contributed by atoms with van der Waals surface area (Å²) in [6.07, 6.45) is -4.67. The van der Waals surface area contributed by atoms with Crippen LogP contribution in [0.3, 0.4) is 0 Å². The summed E-state index contributed by atoms with van der Waals surface area (Å²) in [5, 5.41) is 6.14. The molecule has 0 aliphatic rings. The van der Waals surface area contributed by atoms with Gasteiger partial charge in [-0.2, -0.15) is 13.2 Å². The van der Waals surface area contributed by atoms with E-state index in [2.05, 4.69) is 10.6 Å². The van der Waals surface area contributed by atoms with Crippen molar-refractivity contribution in [3.05, 3.63) is 35.9 Å². The lowest BCUT2D eigenvalue weighted by Crippen LogP contribution is -2.45. The first kappa shape index (κ1) is 18.5. The molecule has 9 heteroatoms. The van der Waals surface area contributed by atoms with Crippen LogP contribution in [-0.4, -0.2) is 37.0 Å². The minimum absolute atomic E-state index is 0.113. The minimum Gasteiger partial charge on any atom is -0.347 e. The number of amides is 3. The van der Waals surface area contributed by atoms with E-state index in [-0.39, 0.29) is 12.1 Å². The molecule has 126 valence electrons. The van der Waals surface area contributed by atoms with Gasteiger partial charge in [0.25, 0.3) is 0 Å². The van der Waals surface area contributed by atoms with Gasteiger partial charge in [0, 0.05) is 6.92 Å².